The number of carbonyl (C=O) groups excluding carboxylic acids is 1. The van der Waals surface area contributed by atoms with Crippen LogP contribution in [0, 0.1) is 13.8 Å². The van der Waals surface area contributed by atoms with Gasteiger partial charge in [-0.25, -0.2) is 9.59 Å². The molecule has 0 saturated heterocycles. The number of esters is 1. The lowest BCUT2D eigenvalue weighted by Gasteiger charge is -2.10. The van der Waals surface area contributed by atoms with Gasteiger partial charge in [-0.15, -0.1) is 0 Å². The third-order valence-corrected chi connectivity index (χ3v) is 4.03. The lowest BCUT2D eigenvalue weighted by Crippen LogP contribution is -2.11. The molecular formula is C18H17NO4. The Bertz CT molecular complexity index is 949. The second-order valence-corrected chi connectivity index (χ2v) is 5.56. The Morgan fingerprint density at radius 1 is 1.26 bits per heavy atom. The van der Waals surface area contributed by atoms with Crippen LogP contribution in [0.3, 0.4) is 0 Å². The van der Waals surface area contributed by atoms with Gasteiger partial charge < -0.3 is 13.7 Å². The first-order valence-corrected chi connectivity index (χ1v) is 7.29. The van der Waals surface area contributed by atoms with Crippen LogP contribution in [0.25, 0.3) is 11.0 Å². The van der Waals surface area contributed by atoms with E-state index >= 15 is 0 Å². The minimum atomic E-state index is -0.448. The number of nitrogens with zero attached hydrogens (tertiary/aromatic N) is 1. The molecule has 0 aliphatic rings. The quantitative estimate of drug-likeness (QED) is 0.551. The Morgan fingerprint density at radius 3 is 2.74 bits per heavy atom. The Labute approximate surface area is 133 Å². The fraction of sp³-hybridized carbons (Fsp3) is 0.222. The fourth-order valence-corrected chi connectivity index (χ4v) is 2.53. The fourth-order valence-electron chi connectivity index (χ4n) is 2.53. The van der Waals surface area contributed by atoms with Crippen molar-refractivity contribution in [2.45, 2.75) is 20.5 Å². The van der Waals surface area contributed by atoms with E-state index < -0.39 is 11.6 Å². The largest absolute Gasteiger partial charge is 0.456 e. The number of ether oxygens (including phenoxy) is 1. The molecular weight excluding hydrogens is 294 g/mol. The van der Waals surface area contributed by atoms with E-state index in [0.717, 1.165) is 16.5 Å². The zero-order chi connectivity index (χ0) is 16.6. The molecule has 2 aromatic heterocycles. The van der Waals surface area contributed by atoms with Crippen LogP contribution in [0.1, 0.15) is 27.2 Å². The van der Waals surface area contributed by atoms with Gasteiger partial charge in [-0.2, -0.15) is 0 Å². The second kappa shape index (κ2) is 5.76. The molecule has 0 amide bonds. The highest BCUT2D eigenvalue weighted by molar-refractivity contribution is 5.88. The van der Waals surface area contributed by atoms with Crippen LogP contribution < -0.4 is 5.63 Å². The molecule has 0 bridgehead atoms. The molecule has 0 saturated carbocycles. The summed E-state index contributed by atoms with van der Waals surface area (Å²) in [7, 11) is 1.77. The lowest BCUT2D eigenvalue weighted by molar-refractivity contribution is 0.0462. The van der Waals surface area contributed by atoms with Gasteiger partial charge in [-0.3, -0.25) is 0 Å². The Kier molecular flexibility index (Phi) is 3.78. The summed E-state index contributed by atoms with van der Waals surface area (Å²) in [4.78, 5) is 23.9. The third-order valence-electron chi connectivity index (χ3n) is 4.03. The van der Waals surface area contributed by atoms with Crippen molar-refractivity contribution < 1.29 is 13.9 Å². The number of hydrogen-bond donors (Lipinski definition) is 0. The number of benzene rings is 1. The van der Waals surface area contributed by atoms with E-state index in [9.17, 15) is 9.59 Å². The molecule has 2 heterocycles. The molecule has 0 spiro atoms. The van der Waals surface area contributed by atoms with Gasteiger partial charge in [0, 0.05) is 30.3 Å². The zero-order valence-electron chi connectivity index (χ0n) is 13.3. The lowest BCUT2D eigenvalue weighted by atomic mass is 10.0. The maximum absolute atomic E-state index is 12.1. The van der Waals surface area contributed by atoms with Crippen LogP contribution >= 0.6 is 0 Å². The van der Waals surface area contributed by atoms with Crippen molar-refractivity contribution in [1.82, 2.24) is 4.57 Å². The van der Waals surface area contributed by atoms with Crippen molar-refractivity contribution in [3.8, 4) is 0 Å². The van der Waals surface area contributed by atoms with Crippen molar-refractivity contribution in [3.63, 3.8) is 0 Å². The molecule has 3 aromatic rings. The molecule has 5 nitrogen and oxygen atoms in total. The first-order chi connectivity index (χ1) is 11.0. The SMILES string of the molecule is Cc1ccc2c(COC(=O)c3cccn3C)cc(=O)oc2c1C. The molecule has 5 heteroatoms. The highest BCUT2D eigenvalue weighted by Gasteiger charge is 2.14. The number of carbonyl (C=O) groups is 1. The van der Waals surface area contributed by atoms with Crippen LogP contribution in [-0.2, 0) is 18.4 Å². The standard InChI is InChI=1S/C18H17NO4/c1-11-6-7-14-13(9-16(20)23-17(14)12(11)2)10-22-18(21)15-5-4-8-19(15)3/h4-9H,10H2,1-3H3. The summed E-state index contributed by atoms with van der Waals surface area (Å²) in [6, 6.07) is 8.67. The molecule has 118 valence electrons. The summed E-state index contributed by atoms with van der Waals surface area (Å²) < 4.78 is 12.3. The van der Waals surface area contributed by atoms with E-state index in [-0.39, 0.29) is 6.61 Å². The molecule has 3 rings (SSSR count). The summed E-state index contributed by atoms with van der Waals surface area (Å²) in [6.45, 7) is 3.88. The van der Waals surface area contributed by atoms with Gasteiger partial charge >= 0.3 is 11.6 Å². The van der Waals surface area contributed by atoms with Crippen molar-refractivity contribution in [1.29, 1.82) is 0 Å². The summed E-state index contributed by atoms with van der Waals surface area (Å²) in [6.07, 6.45) is 1.77. The first-order valence-electron chi connectivity index (χ1n) is 7.29. The highest BCUT2D eigenvalue weighted by atomic mass is 16.5. The molecule has 0 atom stereocenters. The van der Waals surface area contributed by atoms with Crippen LogP contribution in [0.5, 0.6) is 0 Å². The van der Waals surface area contributed by atoms with Gasteiger partial charge in [-0.05, 0) is 37.1 Å². The second-order valence-electron chi connectivity index (χ2n) is 5.56. The van der Waals surface area contributed by atoms with Gasteiger partial charge in [0.2, 0.25) is 0 Å². The Hall–Kier alpha value is -2.82. The molecule has 1 aromatic carbocycles. The molecule has 0 aliphatic carbocycles. The van der Waals surface area contributed by atoms with Crippen molar-refractivity contribution >= 4 is 16.9 Å². The third kappa shape index (κ3) is 2.77. The predicted octanol–water partition coefficient (Wildman–Crippen LogP) is 3.11. The number of fused-ring (bicyclic) bond motifs is 1. The van der Waals surface area contributed by atoms with Gasteiger partial charge in [0.1, 0.15) is 17.9 Å². The summed E-state index contributed by atoms with van der Waals surface area (Å²) in [5.74, 6) is -0.428. The maximum atomic E-state index is 12.1. The van der Waals surface area contributed by atoms with E-state index in [1.54, 1.807) is 29.9 Å². The summed E-state index contributed by atoms with van der Waals surface area (Å²) in [5, 5.41) is 0.785. The predicted molar refractivity (Wildman–Crippen MR) is 86.5 cm³/mol. The van der Waals surface area contributed by atoms with E-state index in [1.807, 2.05) is 26.0 Å². The molecule has 23 heavy (non-hydrogen) atoms. The van der Waals surface area contributed by atoms with Crippen molar-refractivity contribution in [2.24, 2.45) is 7.05 Å². The minimum absolute atomic E-state index is 0.0224. The van der Waals surface area contributed by atoms with Gasteiger partial charge in [0.05, 0.1) is 0 Å². The van der Waals surface area contributed by atoms with E-state index in [0.29, 0.717) is 16.8 Å². The average Bonchev–Trinajstić information content (AvgIpc) is 2.95. The number of aromatic nitrogens is 1. The van der Waals surface area contributed by atoms with Crippen LogP contribution in [0.2, 0.25) is 0 Å². The molecule has 0 fully saturated rings. The summed E-state index contributed by atoms with van der Waals surface area (Å²) in [5.41, 5.74) is 3.15. The minimum Gasteiger partial charge on any atom is -0.456 e. The van der Waals surface area contributed by atoms with Crippen molar-refractivity contribution in [3.05, 3.63) is 69.3 Å². The smallest absolute Gasteiger partial charge is 0.355 e. The van der Waals surface area contributed by atoms with Crippen LogP contribution in [0.4, 0.5) is 0 Å². The first kappa shape index (κ1) is 15.1. The highest BCUT2D eigenvalue weighted by Crippen LogP contribution is 2.23. The molecule has 0 aliphatic heterocycles. The maximum Gasteiger partial charge on any atom is 0.355 e. The van der Waals surface area contributed by atoms with E-state index in [1.165, 1.54) is 6.07 Å². The molecule has 0 unspecified atom stereocenters. The number of rotatable bonds is 3. The average molecular weight is 311 g/mol. The van der Waals surface area contributed by atoms with Crippen molar-refractivity contribution in [2.75, 3.05) is 0 Å². The summed E-state index contributed by atoms with van der Waals surface area (Å²) >= 11 is 0. The van der Waals surface area contributed by atoms with E-state index in [4.69, 9.17) is 9.15 Å². The zero-order valence-corrected chi connectivity index (χ0v) is 13.3. The molecule has 0 radical (unpaired) electrons. The van der Waals surface area contributed by atoms with E-state index in [2.05, 4.69) is 0 Å². The Balaban J connectivity index is 1.94. The van der Waals surface area contributed by atoms with Gasteiger partial charge in [-0.1, -0.05) is 12.1 Å². The Morgan fingerprint density at radius 2 is 2.04 bits per heavy atom. The molecule has 0 N–H and O–H groups in total. The van der Waals surface area contributed by atoms with Gasteiger partial charge in [0.25, 0.3) is 0 Å². The van der Waals surface area contributed by atoms with Crippen LogP contribution in [0.15, 0.2) is 45.7 Å². The van der Waals surface area contributed by atoms with Crippen LogP contribution in [-0.4, -0.2) is 10.5 Å². The van der Waals surface area contributed by atoms with Gasteiger partial charge in [0.15, 0.2) is 0 Å². The number of aryl methyl sites for hydroxylation is 3. The monoisotopic (exact) mass is 311 g/mol. The normalized spacial score (nSPS) is 10.9. The number of hydrogen-bond acceptors (Lipinski definition) is 4. The topological polar surface area (TPSA) is 61.4 Å².